The molecule has 0 saturated heterocycles. The Kier molecular flexibility index (Phi) is 5.23. The molecule has 0 aliphatic heterocycles. The molecule has 1 amide bonds. The van der Waals surface area contributed by atoms with Crippen LogP contribution in [0.25, 0.3) is 0 Å². The minimum Gasteiger partial charge on any atom is -0.462 e. The summed E-state index contributed by atoms with van der Waals surface area (Å²) in [7, 11) is 0. The molecular formula is C15H13F3N2O3S. The Hall–Kier alpha value is -2.42. The summed E-state index contributed by atoms with van der Waals surface area (Å²) in [5, 5.41) is 2.91. The van der Waals surface area contributed by atoms with Gasteiger partial charge in [-0.25, -0.2) is 4.79 Å². The van der Waals surface area contributed by atoms with E-state index in [1.54, 1.807) is 19.9 Å². The molecule has 0 unspecified atom stereocenters. The number of nitrogens with zero attached hydrogens (tertiary/aromatic N) is 1. The van der Waals surface area contributed by atoms with Crippen molar-refractivity contribution in [1.29, 1.82) is 0 Å². The number of carbonyl (C=O) groups is 2. The molecule has 5 nitrogen and oxygen atoms in total. The Balaban J connectivity index is 2.12. The van der Waals surface area contributed by atoms with Gasteiger partial charge in [0.05, 0.1) is 17.2 Å². The summed E-state index contributed by atoms with van der Waals surface area (Å²) in [6.07, 6.45) is -3.71. The molecule has 9 heteroatoms. The number of alkyl halides is 3. The van der Waals surface area contributed by atoms with Crippen LogP contribution in [0, 0.1) is 6.92 Å². The van der Waals surface area contributed by atoms with E-state index in [-0.39, 0.29) is 12.2 Å². The van der Waals surface area contributed by atoms with E-state index < -0.39 is 23.7 Å². The van der Waals surface area contributed by atoms with Gasteiger partial charge in [0, 0.05) is 6.20 Å². The lowest BCUT2D eigenvalue weighted by Gasteiger charge is -2.06. The predicted octanol–water partition coefficient (Wildman–Crippen LogP) is 3.90. The minimum atomic E-state index is -4.56. The molecule has 2 heterocycles. The van der Waals surface area contributed by atoms with Crippen molar-refractivity contribution < 1.29 is 27.5 Å². The molecule has 0 saturated carbocycles. The molecular weight excluding hydrogens is 345 g/mol. The summed E-state index contributed by atoms with van der Waals surface area (Å²) < 4.78 is 42.2. The third-order valence-corrected chi connectivity index (χ3v) is 4.06. The molecule has 1 N–H and O–H groups in total. The van der Waals surface area contributed by atoms with E-state index in [0.717, 1.165) is 29.7 Å². The molecule has 128 valence electrons. The van der Waals surface area contributed by atoms with Crippen LogP contribution in [-0.2, 0) is 10.9 Å². The standard InChI is InChI=1S/C15H13F3N2O3S/c1-3-23-14(22)12-8(2)6-11(24-12)20-13(21)9-4-5-10(19-7-9)15(16,17)18/h4-7H,3H2,1-2H3,(H,20,21). The van der Waals surface area contributed by atoms with Crippen molar-refractivity contribution in [1.82, 2.24) is 4.98 Å². The van der Waals surface area contributed by atoms with E-state index in [1.165, 1.54) is 0 Å². The van der Waals surface area contributed by atoms with Crippen LogP contribution in [0.2, 0.25) is 0 Å². The lowest BCUT2D eigenvalue weighted by atomic mass is 10.2. The number of amides is 1. The third-order valence-electron chi connectivity index (χ3n) is 2.93. The van der Waals surface area contributed by atoms with E-state index in [9.17, 15) is 22.8 Å². The lowest BCUT2D eigenvalue weighted by Crippen LogP contribution is -2.13. The summed E-state index contributed by atoms with van der Waals surface area (Å²) in [4.78, 5) is 27.4. The van der Waals surface area contributed by atoms with Gasteiger partial charge >= 0.3 is 12.1 Å². The van der Waals surface area contributed by atoms with E-state index in [2.05, 4.69) is 10.3 Å². The predicted molar refractivity (Wildman–Crippen MR) is 82.2 cm³/mol. The average Bonchev–Trinajstić information content (AvgIpc) is 2.87. The van der Waals surface area contributed by atoms with Crippen LogP contribution in [0.15, 0.2) is 24.4 Å². The van der Waals surface area contributed by atoms with E-state index in [0.29, 0.717) is 15.4 Å². The molecule has 0 fully saturated rings. The van der Waals surface area contributed by atoms with Crippen molar-refractivity contribution in [2.75, 3.05) is 11.9 Å². The number of ether oxygens (including phenoxy) is 1. The van der Waals surface area contributed by atoms with Gasteiger partial charge in [0.15, 0.2) is 0 Å². The highest BCUT2D eigenvalue weighted by Gasteiger charge is 2.32. The van der Waals surface area contributed by atoms with Crippen molar-refractivity contribution >= 4 is 28.2 Å². The highest BCUT2D eigenvalue weighted by molar-refractivity contribution is 7.18. The third kappa shape index (κ3) is 4.10. The number of rotatable bonds is 4. The fraction of sp³-hybridized carbons (Fsp3) is 0.267. The van der Waals surface area contributed by atoms with Crippen LogP contribution in [0.1, 0.15) is 38.2 Å². The number of aromatic nitrogens is 1. The number of carbonyl (C=O) groups excluding carboxylic acids is 2. The SMILES string of the molecule is CCOC(=O)c1sc(NC(=O)c2ccc(C(F)(F)F)nc2)cc1C. The maximum atomic E-state index is 12.4. The number of anilines is 1. The highest BCUT2D eigenvalue weighted by atomic mass is 32.1. The number of esters is 1. The summed E-state index contributed by atoms with van der Waals surface area (Å²) in [5.74, 6) is -1.11. The summed E-state index contributed by atoms with van der Waals surface area (Å²) in [6.45, 7) is 3.61. The fourth-order valence-corrected chi connectivity index (χ4v) is 2.78. The number of thiophene rings is 1. The van der Waals surface area contributed by atoms with Crippen molar-refractivity contribution in [3.63, 3.8) is 0 Å². The van der Waals surface area contributed by atoms with Gasteiger partial charge in [0.25, 0.3) is 5.91 Å². The Morgan fingerprint density at radius 2 is 2.04 bits per heavy atom. The Morgan fingerprint density at radius 3 is 2.58 bits per heavy atom. The number of pyridine rings is 1. The first-order valence-corrected chi connectivity index (χ1v) is 7.66. The number of aryl methyl sites for hydroxylation is 1. The van der Waals surface area contributed by atoms with Crippen molar-refractivity contribution in [3.05, 3.63) is 46.1 Å². The summed E-state index contributed by atoms with van der Waals surface area (Å²) in [5.41, 5.74) is -0.457. The van der Waals surface area contributed by atoms with Crippen LogP contribution in [0.5, 0.6) is 0 Å². The van der Waals surface area contributed by atoms with E-state index in [1.807, 2.05) is 0 Å². The molecule has 0 atom stereocenters. The van der Waals surface area contributed by atoms with Crippen LogP contribution >= 0.6 is 11.3 Å². The van der Waals surface area contributed by atoms with Gasteiger partial charge in [-0.05, 0) is 37.6 Å². The zero-order chi connectivity index (χ0) is 17.9. The van der Waals surface area contributed by atoms with E-state index >= 15 is 0 Å². The fourth-order valence-electron chi connectivity index (χ4n) is 1.82. The molecule has 2 rings (SSSR count). The Bertz CT molecular complexity index is 754. The minimum absolute atomic E-state index is 0.0215. The molecule has 0 bridgehead atoms. The molecule has 0 spiro atoms. The highest BCUT2D eigenvalue weighted by Crippen LogP contribution is 2.29. The zero-order valence-electron chi connectivity index (χ0n) is 12.7. The first-order valence-electron chi connectivity index (χ1n) is 6.84. The van der Waals surface area contributed by atoms with Gasteiger partial charge < -0.3 is 10.1 Å². The molecule has 0 aromatic carbocycles. The smallest absolute Gasteiger partial charge is 0.433 e. The van der Waals surface area contributed by atoms with Gasteiger partial charge in [0.2, 0.25) is 0 Å². The van der Waals surface area contributed by atoms with Gasteiger partial charge in [-0.15, -0.1) is 11.3 Å². The molecule has 0 radical (unpaired) electrons. The van der Waals surface area contributed by atoms with Crippen LogP contribution in [-0.4, -0.2) is 23.5 Å². The Labute approximate surface area is 139 Å². The maximum absolute atomic E-state index is 12.4. The van der Waals surface area contributed by atoms with Crippen LogP contribution < -0.4 is 5.32 Å². The zero-order valence-corrected chi connectivity index (χ0v) is 13.5. The second kappa shape index (κ2) is 7.00. The normalized spacial score (nSPS) is 11.2. The van der Waals surface area contributed by atoms with Crippen LogP contribution in [0.4, 0.5) is 18.2 Å². The van der Waals surface area contributed by atoms with Crippen molar-refractivity contribution in [3.8, 4) is 0 Å². The number of hydrogen-bond acceptors (Lipinski definition) is 5. The second-order valence-electron chi connectivity index (χ2n) is 4.73. The number of halogens is 3. The van der Waals surface area contributed by atoms with E-state index in [4.69, 9.17) is 4.74 Å². The van der Waals surface area contributed by atoms with Gasteiger partial charge in [-0.3, -0.25) is 9.78 Å². The summed E-state index contributed by atoms with van der Waals surface area (Å²) >= 11 is 1.03. The van der Waals surface area contributed by atoms with Crippen LogP contribution in [0.3, 0.4) is 0 Å². The monoisotopic (exact) mass is 358 g/mol. The first kappa shape index (κ1) is 17.9. The molecule has 2 aromatic heterocycles. The molecule has 2 aromatic rings. The number of nitrogens with one attached hydrogen (secondary N) is 1. The molecule has 0 aliphatic rings. The van der Waals surface area contributed by atoms with Gasteiger partial charge in [0.1, 0.15) is 10.6 Å². The molecule has 0 aliphatic carbocycles. The lowest BCUT2D eigenvalue weighted by molar-refractivity contribution is -0.141. The van der Waals surface area contributed by atoms with Crippen molar-refractivity contribution in [2.24, 2.45) is 0 Å². The first-order chi connectivity index (χ1) is 11.2. The topological polar surface area (TPSA) is 68.3 Å². The molecule has 24 heavy (non-hydrogen) atoms. The maximum Gasteiger partial charge on any atom is 0.433 e. The van der Waals surface area contributed by atoms with Gasteiger partial charge in [-0.2, -0.15) is 13.2 Å². The second-order valence-corrected chi connectivity index (χ2v) is 5.78. The quantitative estimate of drug-likeness (QED) is 0.842. The average molecular weight is 358 g/mol. The van der Waals surface area contributed by atoms with Gasteiger partial charge in [-0.1, -0.05) is 0 Å². The number of hydrogen-bond donors (Lipinski definition) is 1. The largest absolute Gasteiger partial charge is 0.462 e. The van der Waals surface area contributed by atoms with Crippen molar-refractivity contribution in [2.45, 2.75) is 20.0 Å². The summed E-state index contributed by atoms with van der Waals surface area (Å²) in [6, 6.07) is 3.36. The Morgan fingerprint density at radius 1 is 1.33 bits per heavy atom.